The van der Waals surface area contributed by atoms with E-state index in [0.29, 0.717) is 0 Å². The van der Waals surface area contributed by atoms with E-state index in [-0.39, 0.29) is 17.2 Å². The lowest BCUT2D eigenvalue weighted by Crippen LogP contribution is -2.40. The van der Waals surface area contributed by atoms with Gasteiger partial charge in [0.1, 0.15) is 10.8 Å². The van der Waals surface area contributed by atoms with Crippen LogP contribution in [0.3, 0.4) is 0 Å². The Labute approximate surface area is 129 Å². The predicted octanol–water partition coefficient (Wildman–Crippen LogP) is 3.12. The molecule has 1 heterocycles. The number of hydrogen-bond acceptors (Lipinski definition) is 4. The summed E-state index contributed by atoms with van der Waals surface area (Å²) in [5, 5.41) is 15.3. The number of halogens is 1. The average molecular weight is 388 g/mol. The van der Waals surface area contributed by atoms with Gasteiger partial charge in [0.2, 0.25) is 0 Å². The first-order valence-electron chi connectivity index (χ1n) is 5.61. The SMILES string of the molecule is CC(C)(NC(=O)c1cc(I)ccc1O)c1nccs1. The first-order chi connectivity index (χ1) is 8.90. The molecule has 0 unspecified atom stereocenters. The molecule has 1 aromatic heterocycles. The summed E-state index contributed by atoms with van der Waals surface area (Å²) in [6.07, 6.45) is 1.71. The van der Waals surface area contributed by atoms with Crippen molar-refractivity contribution < 1.29 is 9.90 Å². The number of phenols is 1. The summed E-state index contributed by atoms with van der Waals surface area (Å²) in [5.74, 6) is -0.330. The molecule has 0 aliphatic rings. The minimum atomic E-state index is -0.570. The lowest BCUT2D eigenvalue weighted by atomic mass is 10.1. The third-order valence-corrected chi connectivity index (χ3v) is 4.36. The standard InChI is InChI=1S/C13H13IN2O2S/c1-13(2,12-15-5-6-19-12)16-11(18)9-7-8(14)3-4-10(9)17/h3-7,17H,1-2H3,(H,16,18). The summed E-state index contributed by atoms with van der Waals surface area (Å²) in [6.45, 7) is 3.77. The number of carbonyl (C=O) groups is 1. The van der Waals surface area contributed by atoms with Crippen molar-refractivity contribution in [2.45, 2.75) is 19.4 Å². The van der Waals surface area contributed by atoms with Gasteiger partial charge < -0.3 is 10.4 Å². The van der Waals surface area contributed by atoms with Gasteiger partial charge in [-0.2, -0.15) is 0 Å². The predicted molar refractivity (Wildman–Crippen MR) is 83.4 cm³/mol. The molecule has 0 bridgehead atoms. The highest BCUT2D eigenvalue weighted by Crippen LogP contribution is 2.25. The second kappa shape index (κ2) is 5.46. The minimum Gasteiger partial charge on any atom is -0.507 e. The summed E-state index contributed by atoms with van der Waals surface area (Å²) in [5.41, 5.74) is -0.296. The van der Waals surface area contributed by atoms with Crippen LogP contribution in [-0.4, -0.2) is 16.0 Å². The fraction of sp³-hybridized carbons (Fsp3) is 0.231. The number of aromatic nitrogens is 1. The third kappa shape index (κ3) is 3.24. The molecule has 2 N–H and O–H groups in total. The van der Waals surface area contributed by atoms with Crippen molar-refractivity contribution >= 4 is 39.8 Å². The third-order valence-electron chi connectivity index (χ3n) is 2.60. The van der Waals surface area contributed by atoms with Crippen LogP contribution in [0.15, 0.2) is 29.8 Å². The van der Waals surface area contributed by atoms with Crippen molar-refractivity contribution in [2.24, 2.45) is 0 Å². The highest BCUT2D eigenvalue weighted by molar-refractivity contribution is 14.1. The molecule has 0 fully saturated rings. The number of nitrogens with zero attached hydrogens (tertiary/aromatic N) is 1. The molecule has 0 saturated heterocycles. The zero-order valence-electron chi connectivity index (χ0n) is 10.5. The highest BCUT2D eigenvalue weighted by atomic mass is 127. The average Bonchev–Trinajstić information content (AvgIpc) is 2.86. The van der Waals surface area contributed by atoms with Crippen LogP contribution in [-0.2, 0) is 5.54 Å². The molecule has 19 heavy (non-hydrogen) atoms. The molecule has 100 valence electrons. The molecular weight excluding hydrogens is 375 g/mol. The molecule has 6 heteroatoms. The van der Waals surface area contributed by atoms with Crippen molar-refractivity contribution in [3.63, 3.8) is 0 Å². The lowest BCUT2D eigenvalue weighted by Gasteiger charge is -2.24. The van der Waals surface area contributed by atoms with Crippen LogP contribution in [0, 0.1) is 3.57 Å². The summed E-state index contributed by atoms with van der Waals surface area (Å²) >= 11 is 3.59. The Bertz CT molecular complexity index is 597. The Morgan fingerprint density at radius 1 is 1.47 bits per heavy atom. The maximum absolute atomic E-state index is 12.2. The van der Waals surface area contributed by atoms with Gasteiger partial charge in [0.15, 0.2) is 0 Å². The van der Waals surface area contributed by atoms with Gasteiger partial charge in [-0.15, -0.1) is 11.3 Å². The van der Waals surface area contributed by atoms with Gasteiger partial charge in [0.25, 0.3) is 5.91 Å². The molecule has 2 aromatic rings. The highest BCUT2D eigenvalue weighted by Gasteiger charge is 2.27. The van der Waals surface area contributed by atoms with Gasteiger partial charge in [0.05, 0.1) is 11.1 Å². The number of carbonyl (C=O) groups excluding carboxylic acids is 1. The quantitative estimate of drug-likeness (QED) is 0.795. The van der Waals surface area contributed by atoms with Crippen molar-refractivity contribution in [3.05, 3.63) is 43.9 Å². The topological polar surface area (TPSA) is 62.2 Å². The molecule has 4 nitrogen and oxygen atoms in total. The number of phenolic OH excluding ortho intramolecular Hbond substituents is 1. The molecule has 0 spiro atoms. The van der Waals surface area contributed by atoms with Gasteiger partial charge in [-0.3, -0.25) is 4.79 Å². The number of hydrogen-bond donors (Lipinski definition) is 2. The molecule has 0 atom stereocenters. The van der Waals surface area contributed by atoms with Crippen molar-refractivity contribution in [1.82, 2.24) is 10.3 Å². The number of thiazole rings is 1. The molecule has 1 aromatic carbocycles. The van der Waals surface area contributed by atoms with E-state index in [4.69, 9.17) is 0 Å². The maximum Gasteiger partial charge on any atom is 0.255 e. The summed E-state index contributed by atoms with van der Waals surface area (Å²) in [7, 11) is 0. The Kier molecular flexibility index (Phi) is 4.10. The first kappa shape index (κ1) is 14.3. The second-order valence-corrected chi connectivity index (χ2v) is 6.72. The van der Waals surface area contributed by atoms with Crippen LogP contribution in [0.25, 0.3) is 0 Å². The Balaban J connectivity index is 2.24. The fourth-order valence-corrected chi connectivity index (χ4v) is 2.84. The number of aromatic hydroxyl groups is 1. The molecule has 0 radical (unpaired) electrons. The number of benzene rings is 1. The Morgan fingerprint density at radius 3 is 2.84 bits per heavy atom. The summed E-state index contributed by atoms with van der Waals surface area (Å²) < 4.78 is 0.896. The fourth-order valence-electron chi connectivity index (χ4n) is 1.63. The first-order valence-corrected chi connectivity index (χ1v) is 7.57. The van der Waals surface area contributed by atoms with Crippen molar-refractivity contribution in [2.75, 3.05) is 0 Å². The summed E-state index contributed by atoms with van der Waals surface area (Å²) in [6, 6.07) is 4.93. The van der Waals surface area contributed by atoms with Crippen LogP contribution in [0.2, 0.25) is 0 Å². The smallest absolute Gasteiger partial charge is 0.255 e. The van der Waals surface area contributed by atoms with E-state index in [1.54, 1.807) is 18.3 Å². The summed E-state index contributed by atoms with van der Waals surface area (Å²) in [4.78, 5) is 16.4. The van der Waals surface area contributed by atoms with Gasteiger partial charge in [0, 0.05) is 15.1 Å². The van der Waals surface area contributed by atoms with E-state index in [1.165, 1.54) is 17.4 Å². The lowest BCUT2D eigenvalue weighted by molar-refractivity contribution is 0.0909. The largest absolute Gasteiger partial charge is 0.507 e. The Hall–Kier alpha value is -1.15. The van der Waals surface area contributed by atoms with Crippen LogP contribution >= 0.6 is 33.9 Å². The van der Waals surface area contributed by atoms with Crippen molar-refractivity contribution in [1.29, 1.82) is 0 Å². The number of rotatable bonds is 3. The zero-order valence-corrected chi connectivity index (χ0v) is 13.4. The molecule has 2 rings (SSSR count). The van der Waals surface area contributed by atoms with E-state index in [0.717, 1.165) is 8.58 Å². The number of amides is 1. The van der Waals surface area contributed by atoms with Gasteiger partial charge in [-0.25, -0.2) is 4.98 Å². The van der Waals surface area contributed by atoms with E-state index in [9.17, 15) is 9.90 Å². The molecule has 0 aliphatic heterocycles. The molecule has 0 saturated carbocycles. The van der Waals surface area contributed by atoms with E-state index in [2.05, 4.69) is 32.9 Å². The maximum atomic E-state index is 12.2. The van der Waals surface area contributed by atoms with E-state index < -0.39 is 5.54 Å². The minimum absolute atomic E-state index is 0.0205. The van der Waals surface area contributed by atoms with Crippen LogP contribution in [0.1, 0.15) is 29.2 Å². The molecular formula is C13H13IN2O2S. The normalized spacial score (nSPS) is 11.3. The Morgan fingerprint density at radius 2 is 2.21 bits per heavy atom. The van der Waals surface area contributed by atoms with Crippen LogP contribution in [0.4, 0.5) is 0 Å². The van der Waals surface area contributed by atoms with Gasteiger partial charge in [-0.1, -0.05) is 0 Å². The van der Waals surface area contributed by atoms with E-state index in [1.807, 2.05) is 19.2 Å². The monoisotopic (exact) mass is 388 g/mol. The van der Waals surface area contributed by atoms with Crippen LogP contribution < -0.4 is 5.32 Å². The molecule has 0 aliphatic carbocycles. The number of nitrogens with one attached hydrogen (secondary N) is 1. The second-order valence-electron chi connectivity index (χ2n) is 4.58. The zero-order chi connectivity index (χ0) is 14.0. The van der Waals surface area contributed by atoms with Crippen molar-refractivity contribution in [3.8, 4) is 5.75 Å². The molecule has 1 amide bonds. The van der Waals surface area contributed by atoms with Gasteiger partial charge in [-0.05, 0) is 54.6 Å². The van der Waals surface area contributed by atoms with Gasteiger partial charge >= 0.3 is 0 Å². The van der Waals surface area contributed by atoms with Crippen LogP contribution in [0.5, 0.6) is 5.75 Å². The van der Waals surface area contributed by atoms with E-state index >= 15 is 0 Å².